The summed E-state index contributed by atoms with van der Waals surface area (Å²) in [6, 6.07) is 0. The number of hydrogen-bond acceptors (Lipinski definition) is 6. The van der Waals surface area contributed by atoms with E-state index in [0.29, 0.717) is 29.5 Å². The highest BCUT2D eigenvalue weighted by molar-refractivity contribution is 8.00. The molecule has 0 aliphatic heterocycles. The third kappa shape index (κ3) is 3.76. The quantitative estimate of drug-likeness (QED) is 0.619. The molecule has 0 aliphatic rings. The highest BCUT2D eigenvalue weighted by atomic mass is 32.2. The monoisotopic (exact) mass is 365 g/mol. The van der Waals surface area contributed by atoms with Gasteiger partial charge in [-0.2, -0.15) is 0 Å². The second kappa shape index (κ2) is 6.99. The number of fused-ring (bicyclic) bond motifs is 1. The second-order valence-electron chi connectivity index (χ2n) is 6.85. The lowest BCUT2D eigenvalue weighted by Gasteiger charge is -2.20. The maximum absolute atomic E-state index is 12.7. The zero-order valence-electron chi connectivity index (χ0n) is 15.1. The zero-order valence-corrected chi connectivity index (χ0v) is 15.9. The molecule has 0 fully saturated rings. The molecule has 2 aromatic heterocycles. The van der Waals surface area contributed by atoms with Crippen molar-refractivity contribution in [2.45, 2.75) is 51.1 Å². The van der Waals surface area contributed by atoms with Crippen LogP contribution in [0.5, 0.6) is 0 Å². The summed E-state index contributed by atoms with van der Waals surface area (Å²) in [5.41, 5.74) is 4.27. The van der Waals surface area contributed by atoms with Gasteiger partial charge in [0.1, 0.15) is 16.2 Å². The van der Waals surface area contributed by atoms with E-state index in [0.717, 1.165) is 16.3 Å². The standard InChI is InChI=1S/C16H23N5O3S/c1-6-7-21-11-10(13(23)20(5)15(21)24)12(25-8-9(17)22)19-14(18-11)16(2,3)4/h6-8H2,1-5H3,(H2,17,22). The van der Waals surface area contributed by atoms with Crippen molar-refractivity contribution in [3.05, 3.63) is 26.7 Å². The van der Waals surface area contributed by atoms with Gasteiger partial charge in [0.05, 0.1) is 5.75 Å². The summed E-state index contributed by atoms with van der Waals surface area (Å²) in [4.78, 5) is 45.4. The molecular weight excluding hydrogens is 342 g/mol. The van der Waals surface area contributed by atoms with Crippen LogP contribution in [0.1, 0.15) is 39.9 Å². The molecule has 0 aromatic carbocycles. The lowest BCUT2D eigenvalue weighted by atomic mass is 9.96. The minimum atomic E-state index is -0.507. The molecule has 0 atom stereocenters. The Bertz CT molecular complexity index is 940. The molecule has 2 N–H and O–H groups in total. The largest absolute Gasteiger partial charge is 0.369 e. The second-order valence-corrected chi connectivity index (χ2v) is 7.82. The number of hydrogen-bond donors (Lipinski definition) is 1. The molecule has 25 heavy (non-hydrogen) atoms. The van der Waals surface area contributed by atoms with Crippen LogP contribution >= 0.6 is 11.8 Å². The average Bonchev–Trinajstić information content (AvgIpc) is 2.53. The summed E-state index contributed by atoms with van der Waals surface area (Å²) in [6.45, 7) is 8.21. The zero-order chi connectivity index (χ0) is 18.9. The van der Waals surface area contributed by atoms with Crippen LogP contribution in [0.25, 0.3) is 11.0 Å². The number of carbonyl (C=O) groups excluding carboxylic acids is 1. The molecule has 0 radical (unpaired) electrons. The summed E-state index contributed by atoms with van der Waals surface area (Å²) < 4.78 is 2.54. The van der Waals surface area contributed by atoms with E-state index in [1.54, 1.807) is 0 Å². The number of rotatable bonds is 5. The maximum Gasteiger partial charge on any atom is 0.332 e. The van der Waals surface area contributed by atoms with Gasteiger partial charge >= 0.3 is 5.69 Å². The van der Waals surface area contributed by atoms with E-state index >= 15 is 0 Å². The first-order chi connectivity index (χ1) is 11.6. The minimum Gasteiger partial charge on any atom is -0.369 e. The Hall–Kier alpha value is -2.16. The number of nitrogens with two attached hydrogens (primary N) is 1. The van der Waals surface area contributed by atoms with E-state index in [1.165, 1.54) is 11.6 Å². The van der Waals surface area contributed by atoms with E-state index in [4.69, 9.17) is 5.73 Å². The van der Waals surface area contributed by atoms with Crippen molar-refractivity contribution in [1.82, 2.24) is 19.1 Å². The fourth-order valence-electron chi connectivity index (χ4n) is 2.34. The van der Waals surface area contributed by atoms with Gasteiger partial charge in [0.15, 0.2) is 5.65 Å². The van der Waals surface area contributed by atoms with Crippen molar-refractivity contribution >= 4 is 28.7 Å². The smallest absolute Gasteiger partial charge is 0.332 e. The third-order valence-corrected chi connectivity index (χ3v) is 4.62. The number of nitrogens with zero attached hydrogens (tertiary/aromatic N) is 4. The maximum atomic E-state index is 12.7. The summed E-state index contributed by atoms with van der Waals surface area (Å²) >= 11 is 1.09. The van der Waals surface area contributed by atoms with Gasteiger partial charge in [-0.05, 0) is 6.42 Å². The number of amides is 1. The van der Waals surface area contributed by atoms with Crippen molar-refractivity contribution in [3.8, 4) is 0 Å². The number of aromatic nitrogens is 4. The molecule has 0 unspecified atom stereocenters. The van der Waals surface area contributed by atoms with Crippen LogP contribution < -0.4 is 17.0 Å². The van der Waals surface area contributed by atoms with Gasteiger partial charge in [-0.15, -0.1) is 0 Å². The Morgan fingerprint density at radius 3 is 2.40 bits per heavy atom. The molecule has 0 saturated heterocycles. The summed E-state index contributed by atoms with van der Waals surface area (Å²) in [5.74, 6) is -0.0107. The van der Waals surface area contributed by atoms with Gasteiger partial charge in [0, 0.05) is 19.0 Å². The number of primary amides is 1. The summed E-state index contributed by atoms with van der Waals surface area (Å²) in [6.07, 6.45) is 0.714. The summed E-state index contributed by atoms with van der Waals surface area (Å²) in [5, 5.41) is 0.619. The predicted octanol–water partition coefficient (Wildman–Crippen LogP) is 0.775. The van der Waals surface area contributed by atoms with Crippen LogP contribution in [0.2, 0.25) is 0 Å². The molecule has 0 aliphatic carbocycles. The Labute approximate surface area is 149 Å². The first-order valence-electron chi connectivity index (χ1n) is 8.01. The predicted molar refractivity (Wildman–Crippen MR) is 97.9 cm³/mol. The third-order valence-electron chi connectivity index (χ3n) is 3.62. The molecule has 2 rings (SSSR count). The van der Waals surface area contributed by atoms with Gasteiger partial charge in [0.2, 0.25) is 5.91 Å². The molecule has 0 bridgehead atoms. The Morgan fingerprint density at radius 2 is 1.88 bits per heavy atom. The molecule has 9 heteroatoms. The molecular formula is C16H23N5O3S. The molecule has 1 amide bonds. The number of carbonyl (C=O) groups is 1. The highest BCUT2D eigenvalue weighted by Gasteiger charge is 2.24. The van der Waals surface area contributed by atoms with E-state index in [2.05, 4.69) is 9.97 Å². The SMILES string of the molecule is CCCn1c(=O)n(C)c(=O)c2c(SCC(N)=O)nc(C(C)(C)C)nc21. The molecule has 8 nitrogen and oxygen atoms in total. The summed E-state index contributed by atoms with van der Waals surface area (Å²) in [7, 11) is 1.43. The van der Waals surface area contributed by atoms with Gasteiger partial charge in [0.25, 0.3) is 5.56 Å². The fourth-order valence-corrected chi connectivity index (χ4v) is 3.10. The first kappa shape index (κ1) is 19.2. The van der Waals surface area contributed by atoms with Crippen LogP contribution in [0.15, 0.2) is 14.6 Å². The van der Waals surface area contributed by atoms with Crippen molar-refractivity contribution in [3.63, 3.8) is 0 Å². The Balaban J connectivity index is 2.95. The van der Waals surface area contributed by atoms with Crippen LogP contribution in [-0.2, 0) is 23.8 Å². The van der Waals surface area contributed by atoms with E-state index < -0.39 is 17.2 Å². The number of aryl methyl sites for hydroxylation is 1. The highest BCUT2D eigenvalue weighted by Crippen LogP contribution is 2.26. The minimum absolute atomic E-state index is 0.00818. The molecule has 2 aromatic rings. The van der Waals surface area contributed by atoms with Crippen molar-refractivity contribution in [2.24, 2.45) is 12.8 Å². The molecule has 136 valence electrons. The van der Waals surface area contributed by atoms with E-state index in [-0.39, 0.29) is 16.6 Å². The molecule has 0 saturated carbocycles. The van der Waals surface area contributed by atoms with Gasteiger partial charge in [-0.25, -0.2) is 14.8 Å². The van der Waals surface area contributed by atoms with Crippen LogP contribution in [0, 0.1) is 0 Å². The van der Waals surface area contributed by atoms with Crippen LogP contribution in [-0.4, -0.2) is 30.8 Å². The van der Waals surface area contributed by atoms with Gasteiger partial charge in [-0.1, -0.05) is 39.5 Å². The van der Waals surface area contributed by atoms with Gasteiger partial charge < -0.3 is 5.73 Å². The Kier molecular flexibility index (Phi) is 5.36. The van der Waals surface area contributed by atoms with Gasteiger partial charge in [-0.3, -0.25) is 18.7 Å². The van der Waals surface area contributed by atoms with E-state index in [1.807, 2.05) is 27.7 Å². The van der Waals surface area contributed by atoms with Crippen molar-refractivity contribution in [1.29, 1.82) is 0 Å². The average molecular weight is 365 g/mol. The van der Waals surface area contributed by atoms with Crippen molar-refractivity contribution < 1.29 is 4.79 Å². The van der Waals surface area contributed by atoms with Crippen LogP contribution in [0.3, 0.4) is 0 Å². The topological polar surface area (TPSA) is 113 Å². The number of thioether (sulfide) groups is 1. The lowest BCUT2D eigenvalue weighted by molar-refractivity contribution is -0.115. The lowest BCUT2D eigenvalue weighted by Crippen LogP contribution is -2.39. The first-order valence-corrected chi connectivity index (χ1v) is 8.99. The van der Waals surface area contributed by atoms with E-state index in [9.17, 15) is 14.4 Å². The normalized spacial score (nSPS) is 11.9. The fraction of sp³-hybridized carbons (Fsp3) is 0.562. The van der Waals surface area contributed by atoms with Crippen LogP contribution in [0.4, 0.5) is 0 Å². The molecule has 2 heterocycles. The Morgan fingerprint density at radius 1 is 1.24 bits per heavy atom. The van der Waals surface area contributed by atoms with Crippen molar-refractivity contribution in [2.75, 3.05) is 5.75 Å². The molecule has 0 spiro atoms.